The molecule has 0 unspecified atom stereocenters. The first kappa shape index (κ1) is 15.8. The molecule has 0 N–H and O–H groups in total. The fraction of sp³-hybridized carbons (Fsp3) is 0.250. The number of halogens is 3. The Labute approximate surface area is 123 Å². The zero-order chi connectivity index (χ0) is 15.5. The Hall–Kier alpha value is -1.59. The maximum atomic E-state index is 13.1. The van der Waals surface area contributed by atoms with Crippen molar-refractivity contribution in [3.63, 3.8) is 0 Å². The van der Waals surface area contributed by atoms with Crippen molar-refractivity contribution >= 4 is 8.32 Å². The molecule has 0 amide bonds. The van der Waals surface area contributed by atoms with E-state index >= 15 is 0 Å². The monoisotopic (exact) mass is 310 g/mol. The average molecular weight is 310 g/mol. The zero-order valence-corrected chi connectivity index (χ0v) is 13.0. The minimum Gasteiger partial charge on any atom is -0.413 e. The highest BCUT2D eigenvalue weighted by atomic mass is 28.4. The molecule has 0 radical (unpaired) electrons. The van der Waals surface area contributed by atoms with Gasteiger partial charge >= 0.3 is 0 Å². The molecule has 0 saturated carbocycles. The summed E-state index contributed by atoms with van der Waals surface area (Å²) in [4.78, 5) is 0. The van der Waals surface area contributed by atoms with E-state index in [2.05, 4.69) is 0 Å². The van der Waals surface area contributed by atoms with Crippen molar-refractivity contribution < 1.29 is 17.6 Å². The molecule has 0 atom stereocenters. The van der Waals surface area contributed by atoms with E-state index in [4.69, 9.17) is 4.43 Å². The van der Waals surface area contributed by atoms with Crippen molar-refractivity contribution in [1.29, 1.82) is 0 Å². The lowest BCUT2D eigenvalue weighted by Gasteiger charge is -2.23. The third-order valence-electron chi connectivity index (χ3n) is 3.15. The standard InChI is InChI=1S/C16H17F3OSi/c1-21(2,11-12-6-4-3-5-7-12)20-10-13-8-14(17)16(19)15(18)9-13/h3-9H,10-11H2,1-2H3. The van der Waals surface area contributed by atoms with Crippen LogP contribution in [0.1, 0.15) is 11.1 Å². The predicted octanol–water partition coefficient (Wildman–Crippen LogP) is 4.61. The first-order valence-corrected chi connectivity index (χ1v) is 9.80. The van der Waals surface area contributed by atoms with Crippen molar-refractivity contribution in [3.05, 3.63) is 71.0 Å². The summed E-state index contributed by atoms with van der Waals surface area (Å²) in [5.74, 6) is -3.81. The first-order valence-electron chi connectivity index (χ1n) is 6.69. The average Bonchev–Trinajstić information content (AvgIpc) is 2.43. The molecule has 2 aromatic rings. The van der Waals surface area contributed by atoms with Crippen LogP contribution in [-0.4, -0.2) is 8.32 Å². The molecule has 112 valence electrons. The predicted molar refractivity (Wildman–Crippen MR) is 78.7 cm³/mol. The molecule has 0 spiro atoms. The normalized spacial score (nSPS) is 11.7. The van der Waals surface area contributed by atoms with E-state index in [0.29, 0.717) is 5.56 Å². The SMILES string of the molecule is C[Si](C)(Cc1ccccc1)OCc1cc(F)c(F)c(F)c1. The molecule has 1 nitrogen and oxygen atoms in total. The van der Waals surface area contributed by atoms with Gasteiger partial charge in [-0.15, -0.1) is 0 Å². The van der Waals surface area contributed by atoms with Gasteiger partial charge in [0, 0.05) is 0 Å². The van der Waals surface area contributed by atoms with Crippen LogP contribution in [0.5, 0.6) is 0 Å². The Morgan fingerprint density at radius 2 is 1.48 bits per heavy atom. The highest BCUT2D eigenvalue weighted by Crippen LogP contribution is 2.18. The topological polar surface area (TPSA) is 9.23 Å². The molecule has 21 heavy (non-hydrogen) atoms. The Morgan fingerprint density at radius 3 is 2.05 bits per heavy atom. The van der Waals surface area contributed by atoms with E-state index in [0.717, 1.165) is 18.2 Å². The molecule has 0 aliphatic rings. The van der Waals surface area contributed by atoms with Gasteiger partial charge in [-0.25, -0.2) is 13.2 Å². The summed E-state index contributed by atoms with van der Waals surface area (Å²) in [7, 11) is -2.01. The molecule has 0 heterocycles. The van der Waals surface area contributed by atoms with Crippen LogP contribution in [-0.2, 0) is 17.1 Å². The maximum absolute atomic E-state index is 13.1. The maximum Gasteiger partial charge on any atom is 0.194 e. The van der Waals surface area contributed by atoms with Gasteiger partial charge in [0.1, 0.15) is 0 Å². The van der Waals surface area contributed by atoms with Crippen molar-refractivity contribution in [2.75, 3.05) is 0 Å². The Morgan fingerprint density at radius 1 is 0.905 bits per heavy atom. The third-order valence-corrected chi connectivity index (χ3v) is 5.33. The van der Waals surface area contributed by atoms with Gasteiger partial charge in [-0.05, 0) is 42.4 Å². The van der Waals surface area contributed by atoms with Crippen LogP contribution >= 0.6 is 0 Å². The second kappa shape index (κ2) is 6.45. The van der Waals surface area contributed by atoms with Crippen molar-refractivity contribution in [2.45, 2.75) is 25.7 Å². The molecule has 0 bridgehead atoms. The Bertz CT molecular complexity index is 591. The molecule has 2 rings (SSSR count). The summed E-state index contributed by atoms with van der Waals surface area (Å²) in [6.45, 7) is 4.16. The van der Waals surface area contributed by atoms with Crippen LogP contribution in [0.2, 0.25) is 13.1 Å². The van der Waals surface area contributed by atoms with Crippen molar-refractivity contribution in [2.24, 2.45) is 0 Å². The third kappa shape index (κ3) is 4.44. The second-order valence-corrected chi connectivity index (χ2v) is 9.75. The van der Waals surface area contributed by atoms with Crippen LogP contribution < -0.4 is 0 Å². The minimum absolute atomic E-state index is 0.0835. The fourth-order valence-corrected chi connectivity index (χ4v) is 3.99. The summed E-state index contributed by atoms with van der Waals surface area (Å²) in [5, 5.41) is 0. The number of hydrogen-bond acceptors (Lipinski definition) is 1. The number of hydrogen-bond donors (Lipinski definition) is 0. The van der Waals surface area contributed by atoms with E-state index in [-0.39, 0.29) is 6.61 Å². The zero-order valence-electron chi connectivity index (χ0n) is 12.0. The highest BCUT2D eigenvalue weighted by Gasteiger charge is 2.23. The Balaban J connectivity index is 2.01. The van der Waals surface area contributed by atoms with Gasteiger partial charge in [-0.1, -0.05) is 30.3 Å². The van der Waals surface area contributed by atoms with Crippen LogP contribution in [0.25, 0.3) is 0 Å². The van der Waals surface area contributed by atoms with E-state index in [9.17, 15) is 13.2 Å². The molecule has 0 aliphatic carbocycles. The quantitative estimate of drug-likeness (QED) is 0.579. The summed E-state index contributed by atoms with van der Waals surface area (Å²) < 4.78 is 45.0. The number of benzene rings is 2. The van der Waals surface area contributed by atoms with E-state index in [1.54, 1.807) is 0 Å². The van der Waals surface area contributed by atoms with Crippen LogP contribution in [0.3, 0.4) is 0 Å². The van der Waals surface area contributed by atoms with Gasteiger partial charge in [0.05, 0.1) is 6.61 Å². The summed E-state index contributed by atoms with van der Waals surface area (Å²) in [6, 6.07) is 12.7. The van der Waals surface area contributed by atoms with Crippen molar-refractivity contribution in [3.8, 4) is 0 Å². The van der Waals surface area contributed by atoms with Crippen LogP contribution in [0.15, 0.2) is 42.5 Å². The molecular formula is C16H17F3OSi. The largest absolute Gasteiger partial charge is 0.413 e. The molecule has 0 aromatic heterocycles. The van der Waals surface area contributed by atoms with Gasteiger partial charge in [0.15, 0.2) is 25.8 Å². The summed E-state index contributed by atoms with van der Waals surface area (Å²) >= 11 is 0. The molecule has 0 aliphatic heterocycles. The highest BCUT2D eigenvalue weighted by molar-refractivity contribution is 6.70. The second-order valence-electron chi connectivity index (χ2n) is 5.58. The van der Waals surface area contributed by atoms with Gasteiger partial charge in [0.2, 0.25) is 0 Å². The lowest BCUT2D eigenvalue weighted by Crippen LogP contribution is -2.33. The number of rotatable bonds is 5. The van der Waals surface area contributed by atoms with Gasteiger partial charge in [-0.3, -0.25) is 0 Å². The van der Waals surface area contributed by atoms with Crippen molar-refractivity contribution in [1.82, 2.24) is 0 Å². The Kier molecular flexibility index (Phi) is 4.85. The van der Waals surface area contributed by atoms with Gasteiger partial charge in [-0.2, -0.15) is 0 Å². The van der Waals surface area contributed by atoms with E-state index in [1.807, 2.05) is 43.4 Å². The molecule has 2 aromatic carbocycles. The lowest BCUT2D eigenvalue weighted by molar-refractivity contribution is 0.292. The summed E-state index contributed by atoms with van der Waals surface area (Å²) in [5.41, 5.74) is 1.48. The first-order chi connectivity index (χ1) is 9.87. The fourth-order valence-electron chi connectivity index (χ4n) is 2.11. The molecule has 0 fully saturated rings. The molecule has 0 saturated heterocycles. The van der Waals surface area contributed by atoms with Crippen LogP contribution in [0, 0.1) is 17.5 Å². The molecule has 5 heteroatoms. The van der Waals surface area contributed by atoms with E-state index in [1.165, 1.54) is 5.56 Å². The molecular weight excluding hydrogens is 293 g/mol. The van der Waals surface area contributed by atoms with E-state index < -0.39 is 25.8 Å². The van der Waals surface area contributed by atoms with Crippen LogP contribution in [0.4, 0.5) is 13.2 Å². The minimum atomic E-state index is -2.01. The van der Waals surface area contributed by atoms with Gasteiger partial charge in [0.25, 0.3) is 0 Å². The lowest BCUT2D eigenvalue weighted by atomic mass is 10.2. The smallest absolute Gasteiger partial charge is 0.194 e. The summed E-state index contributed by atoms with van der Waals surface area (Å²) in [6.07, 6.45) is 0. The van der Waals surface area contributed by atoms with Gasteiger partial charge < -0.3 is 4.43 Å².